The molecule has 26 heavy (non-hydrogen) atoms. The molecule has 1 N–H and O–H groups in total. The van der Waals surface area contributed by atoms with Gasteiger partial charge in [0.05, 0.1) is 18.8 Å². The number of hydrogen-bond acceptors (Lipinski definition) is 5. The summed E-state index contributed by atoms with van der Waals surface area (Å²) in [6.07, 6.45) is 4.20. The zero-order valence-electron chi connectivity index (χ0n) is 14.8. The lowest BCUT2D eigenvalue weighted by molar-refractivity contribution is -0.121. The highest BCUT2D eigenvalue weighted by Gasteiger charge is 2.28. The van der Waals surface area contributed by atoms with E-state index in [9.17, 15) is 4.79 Å². The quantitative estimate of drug-likeness (QED) is 0.770. The molecule has 4 rings (SSSR count). The summed E-state index contributed by atoms with van der Waals surface area (Å²) in [5.74, 6) is 0.129. The van der Waals surface area contributed by atoms with Crippen LogP contribution in [-0.4, -0.2) is 34.8 Å². The lowest BCUT2D eigenvalue weighted by atomic mass is 9.93. The lowest BCUT2D eigenvalue weighted by Gasteiger charge is -2.14. The van der Waals surface area contributed by atoms with E-state index >= 15 is 0 Å². The van der Waals surface area contributed by atoms with E-state index in [1.54, 1.807) is 17.5 Å². The van der Waals surface area contributed by atoms with Crippen LogP contribution in [0.1, 0.15) is 34.0 Å². The van der Waals surface area contributed by atoms with Gasteiger partial charge < -0.3 is 10.2 Å². The molecule has 1 atom stereocenters. The van der Waals surface area contributed by atoms with Gasteiger partial charge in [-0.1, -0.05) is 24.3 Å². The first-order chi connectivity index (χ1) is 12.6. The molecule has 7 heteroatoms. The molecule has 3 heterocycles. The minimum atomic E-state index is 0.0532. The van der Waals surface area contributed by atoms with Crippen LogP contribution in [0.5, 0.6) is 0 Å². The molecule has 0 fully saturated rings. The van der Waals surface area contributed by atoms with E-state index in [1.807, 2.05) is 35.9 Å². The van der Waals surface area contributed by atoms with Gasteiger partial charge in [-0.05, 0) is 17.2 Å². The van der Waals surface area contributed by atoms with Crippen LogP contribution in [0.4, 0.5) is 5.13 Å². The van der Waals surface area contributed by atoms with Gasteiger partial charge in [-0.2, -0.15) is 5.10 Å². The Bertz CT molecular complexity index is 899. The molecule has 134 valence electrons. The van der Waals surface area contributed by atoms with Crippen molar-refractivity contribution in [2.24, 2.45) is 0 Å². The van der Waals surface area contributed by atoms with Crippen LogP contribution in [0.15, 0.2) is 42.7 Å². The van der Waals surface area contributed by atoms with E-state index in [1.165, 1.54) is 10.4 Å². The summed E-state index contributed by atoms with van der Waals surface area (Å²) in [4.78, 5) is 20.1. The van der Waals surface area contributed by atoms with Gasteiger partial charge in [-0.3, -0.25) is 9.48 Å². The van der Waals surface area contributed by atoms with E-state index in [0.717, 1.165) is 22.9 Å². The zero-order chi connectivity index (χ0) is 18.1. The number of carbonyl (C=O) groups excluding carboxylic acids is 1. The maximum Gasteiger partial charge on any atom is 0.221 e. The van der Waals surface area contributed by atoms with Crippen LogP contribution < -0.4 is 10.2 Å². The standard InChI is InChI=1S/C19H21N5OS/c1-23(2)19-22-16-11-20-17(25)10-15(18(16)26-19)14-6-4-13(5-7-14)12-24-9-3-8-21-24/h3-9,15H,10-12H2,1-2H3,(H,20,25)/t15-/m1/s1. The predicted molar refractivity (Wildman–Crippen MR) is 103 cm³/mol. The van der Waals surface area contributed by atoms with E-state index in [0.29, 0.717) is 13.0 Å². The van der Waals surface area contributed by atoms with Crippen molar-refractivity contribution in [2.75, 3.05) is 19.0 Å². The number of thiazole rings is 1. The van der Waals surface area contributed by atoms with Crippen molar-refractivity contribution < 1.29 is 4.79 Å². The molecule has 0 bridgehead atoms. The molecule has 6 nitrogen and oxygen atoms in total. The summed E-state index contributed by atoms with van der Waals surface area (Å²) in [6, 6.07) is 10.4. The van der Waals surface area contributed by atoms with Crippen molar-refractivity contribution in [1.82, 2.24) is 20.1 Å². The fraction of sp³-hybridized carbons (Fsp3) is 0.316. The smallest absolute Gasteiger partial charge is 0.221 e. The molecule has 1 aliphatic rings. The number of carbonyl (C=O) groups is 1. The third-order valence-corrected chi connectivity index (χ3v) is 5.92. The molecule has 0 aliphatic carbocycles. The molecule has 1 amide bonds. The van der Waals surface area contributed by atoms with Gasteiger partial charge in [0.2, 0.25) is 5.91 Å². The molecule has 1 aromatic carbocycles. The Labute approximate surface area is 156 Å². The van der Waals surface area contributed by atoms with Crippen LogP contribution in [0.3, 0.4) is 0 Å². The summed E-state index contributed by atoms with van der Waals surface area (Å²) in [6.45, 7) is 1.25. The van der Waals surface area contributed by atoms with E-state index in [2.05, 4.69) is 34.7 Å². The Morgan fingerprint density at radius 3 is 2.81 bits per heavy atom. The van der Waals surface area contributed by atoms with Crippen molar-refractivity contribution in [3.05, 3.63) is 64.4 Å². The first-order valence-electron chi connectivity index (χ1n) is 8.60. The molecule has 0 radical (unpaired) electrons. The molecule has 0 spiro atoms. The van der Waals surface area contributed by atoms with Crippen molar-refractivity contribution in [3.8, 4) is 0 Å². The molecular weight excluding hydrogens is 346 g/mol. The maximum atomic E-state index is 12.2. The minimum Gasteiger partial charge on any atom is -0.354 e. The Morgan fingerprint density at radius 1 is 1.31 bits per heavy atom. The number of nitrogens with one attached hydrogen (secondary N) is 1. The van der Waals surface area contributed by atoms with Gasteiger partial charge in [0, 0.05) is 43.7 Å². The van der Waals surface area contributed by atoms with E-state index in [-0.39, 0.29) is 11.8 Å². The predicted octanol–water partition coefficient (Wildman–Crippen LogP) is 2.61. The Balaban J connectivity index is 1.64. The van der Waals surface area contributed by atoms with Gasteiger partial charge >= 0.3 is 0 Å². The highest BCUT2D eigenvalue weighted by molar-refractivity contribution is 7.15. The van der Waals surface area contributed by atoms with Gasteiger partial charge in [-0.25, -0.2) is 4.98 Å². The minimum absolute atomic E-state index is 0.0532. The third-order valence-electron chi connectivity index (χ3n) is 4.54. The molecule has 0 saturated carbocycles. The summed E-state index contributed by atoms with van der Waals surface area (Å²) < 4.78 is 1.90. The van der Waals surface area contributed by atoms with Crippen molar-refractivity contribution in [2.45, 2.75) is 25.4 Å². The second-order valence-corrected chi connectivity index (χ2v) is 7.69. The van der Waals surface area contributed by atoms with Crippen LogP contribution in [0, 0.1) is 0 Å². The average Bonchev–Trinajstić information content (AvgIpc) is 3.26. The molecule has 2 aromatic heterocycles. The number of rotatable bonds is 4. The fourth-order valence-electron chi connectivity index (χ4n) is 3.18. The van der Waals surface area contributed by atoms with Gasteiger partial charge in [0.1, 0.15) is 0 Å². The molecule has 0 saturated heterocycles. The fourth-order valence-corrected chi connectivity index (χ4v) is 4.31. The monoisotopic (exact) mass is 367 g/mol. The summed E-state index contributed by atoms with van der Waals surface area (Å²) in [5.41, 5.74) is 3.32. The van der Waals surface area contributed by atoms with Crippen LogP contribution >= 0.6 is 11.3 Å². The molecule has 0 unspecified atom stereocenters. The van der Waals surface area contributed by atoms with Crippen LogP contribution in [0.25, 0.3) is 0 Å². The number of amides is 1. The van der Waals surface area contributed by atoms with E-state index in [4.69, 9.17) is 4.98 Å². The van der Waals surface area contributed by atoms with Crippen LogP contribution in [-0.2, 0) is 17.9 Å². The SMILES string of the molecule is CN(C)c1nc2c(s1)[C@@H](c1ccc(Cn3cccn3)cc1)CC(=O)NC2. The van der Waals surface area contributed by atoms with Crippen LogP contribution in [0.2, 0.25) is 0 Å². The normalized spacial score (nSPS) is 16.7. The summed E-state index contributed by atoms with van der Waals surface area (Å²) in [5, 5.41) is 8.19. The number of fused-ring (bicyclic) bond motifs is 1. The van der Waals surface area contributed by atoms with Crippen molar-refractivity contribution in [3.63, 3.8) is 0 Å². The number of hydrogen-bond donors (Lipinski definition) is 1. The van der Waals surface area contributed by atoms with Gasteiger partial charge in [0.25, 0.3) is 0 Å². The van der Waals surface area contributed by atoms with Crippen molar-refractivity contribution in [1.29, 1.82) is 0 Å². The Hall–Kier alpha value is -2.67. The molecule has 3 aromatic rings. The highest BCUT2D eigenvalue weighted by atomic mass is 32.1. The average molecular weight is 367 g/mol. The number of nitrogens with zero attached hydrogens (tertiary/aromatic N) is 4. The number of anilines is 1. The van der Waals surface area contributed by atoms with Crippen molar-refractivity contribution >= 4 is 22.4 Å². The Morgan fingerprint density at radius 2 is 2.12 bits per heavy atom. The lowest BCUT2D eigenvalue weighted by Crippen LogP contribution is -2.21. The van der Waals surface area contributed by atoms with Gasteiger partial charge in [0.15, 0.2) is 5.13 Å². The highest BCUT2D eigenvalue weighted by Crippen LogP contribution is 2.38. The number of benzene rings is 1. The molecular formula is C19H21N5OS. The first kappa shape index (κ1) is 16.8. The second-order valence-electron chi connectivity index (χ2n) is 6.68. The first-order valence-corrected chi connectivity index (χ1v) is 9.41. The summed E-state index contributed by atoms with van der Waals surface area (Å²) in [7, 11) is 3.99. The second kappa shape index (κ2) is 6.92. The maximum absolute atomic E-state index is 12.2. The molecule has 1 aliphatic heterocycles. The zero-order valence-corrected chi connectivity index (χ0v) is 15.7. The summed E-state index contributed by atoms with van der Waals surface area (Å²) >= 11 is 1.68. The number of aromatic nitrogens is 3. The van der Waals surface area contributed by atoms with E-state index < -0.39 is 0 Å². The largest absolute Gasteiger partial charge is 0.354 e. The Kier molecular flexibility index (Phi) is 4.46. The van der Waals surface area contributed by atoms with Gasteiger partial charge in [-0.15, -0.1) is 11.3 Å². The third kappa shape index (κ3) is 3.35. The topological polar surface area (TPSA) is 63.1 Å².